The molecule has 1 nitrogen and oxygen atoms in total. The number of hydrogen-bond acceptors (Lipinski definition) is 1. The second-order valence-corrected chi connectivity index (χ2v) is 8.42. The first-order valence-electron chi connectivity index (χ1n) is 8.75. The molecule has 0 aliphatic heterocycles. The number of aliphatic hydroxyl groups is 1. The molecule has 0 saturated heterocycles. The van der Waals surface area contributed by atoms with Gasteiger partial charge in [0.2, 0.25) is 0 Å². The molecule has 21 heavy (non-hydrogen) atoms. The van der Waals surface area contributed by atoms with E-state index in [1.807, 2.05) is 6.08 Å². The molecule has 3 atom stereocenters. The van der Waals surface area contributed by atoms with E-state index in [1.165, 1.54) is 49.7 Å². The van der Waals surface area contributed by atoms with Crippen LogP contribution in [0.25, 0.3) is 0 Å². The Hall–Kier alpha value is -0.560. The van der Waals surface area contributed by atoms with Gasteiger partial charge in [-0.2, -0.15) is 0 Å². The van der Waals surface area contributed by atoms with Gasteiger partial charge in [-0.15, -0.1) is 0 Å². The Bertz CT molecular complexity index is 418. The highest BCUT2D eigenvalue weighted by molar-refractivity contribution is 5.16. The fourth-order valence-electron chi connectivity index (χ4n) is 5.44. The summed E-state index contributed by atoms with van der Waals surface area (Å²) in [5, 5.41) is 9.04. The molecule has 0 radical (unpaired) electrons. The lowest BCUT2D eigenvalue weighted by Crippen LogP contribution is -2.49. The van der Waals surface area contributed by atoms with Crippen molar-refractivity contribution in [1.29, 1.82) is 0 Å². The van der Waals surface area contributed by atoms with Gasteiger partial charge in [-0.3, -0.25) is 0 Å². The molecule has 0 aromatic carbocycles. The van der Waals surface area contributed by atoms with Crippen molar-refractivity contribution in [2.24, 2.45) is 22.7 Å². The summed E-state index contributed by atoms with van der Waals surface area (Å²) < 4.78 is 0. The highest BCUT2D eigenvalue weighted by atomic mass is 16.2. The fraction of sp³-hybridized carbons (Fsp3) is 0.800. The third kappa shape index (κ3) is 3.28. The summed E-state index contributed by atoms with van der Waals surface area (Å²) >= 11 is 0. The molecular formula is C20H34O. The Kier molecular flexibility index (Phi) is 5.03. The number of rotatable bonds is 4. The van der Waals surface area contributed by atoms with Crippen LogP contribution in [-0.2, 0) is 0 Å². The molecule has 1 N–H and O–H groups in total. The highest BCUT2D eigenvalue weighted by Gasteiger charge is 2.52. The van der Waals surface area contributed by atoms with E-state index in [4.69, 9.17) is 5.11 Å². The maximum absolute atomic E-state index is 9.04. The second-order valence-electron chi connectivity index (χ2n) is 8.42. The lowest BCUT2D eigenvalue weighted by atomic mass is 9.47. The molecule has 0 heterocycles. The largest absolute Gasteiger partial charge is 0.392 e. The van der Waals surface area contributed by atoms with Crippen LogP contribution in [0.2, 0.25) is 0 Å². The van der Waals surface area contributed by atoms with E-state index in [9.17, 15) is 0 Å². The molecule has 120 valence electrons. The van der Waals surface area contributed by atoms with E-state index in [-0.39, 0.29) is 6.61 Å². The SMILES string of the molecule is C=C1CC[C@H]2C(C)(C)CCC[C@@]2(C)[C@@H]1CC/C(C)=C/CO. The number of allylic oxidation sites excluding steroid dienone is 2. The van der Waals surface area contributed by atoms with E-state index >= 15 is 0 Å². The first-order valence-corrected chi connectivity index (χ1v) is 8.75. The molecule has 2 saturated carbocycles. The van der Waals surface area contributed by atoms with Gasteiger partial charge >= 0.3 is 0 Å². The van der Waals surface area contributed by atoms with Gasteiger partial charge in [0.25, 0.3) is 0 Å². The van der Waals surface area contributed by atoms with Crippen molar-refractivity contribution < 1.29 is 5.11 Å². The van der Waals surface area contributed by atoms with Crippen LogP contribution in [0, 0.1) is 22.7 Å². The summed E-state index contributed by atoms with van der Waals surface area (Å²) in [6.07, 6.45) is 11.0. The van der Waals surface area contributed by atoms with Gasteiger partial charge in [-0.05, 0) is 68.1 Å². The molecule has 2 aliphatic carbocycles. The Balaban J connectivity index is 2.17. The lowest BCUT2D eigenvalue weighted by molar-refractivity contribution is -0.0539. The molecule has 0 amide bonds. The Morgan fingerprint density at radius 2 is 2.05 bits per heavy atom. The van der Waals surface area contributed by atoms with Crippen molar-refractivity contribution in [3.8, 4) is 0 Å². The van der Waals surface area contributed by atoms with Crippen LogP contribution in [-0.4, -0.2) is 11.7 Å². The van der Waals surface area contributed by atoms with Gasteiger partial charge in [0.05, 0.1) is 6.61 Å². The standard InChI is InChI=1S/C20H34O/c1-15(11-14-21)7-9-17-16(2)8-10-18-19(3,4)12-6-13-20(17,18)5/h11,17-18,21H,2,6-10,12-14H2,1,3-5H3/b15-11+/t17-,18+,20+/m1/s1. The number of aliphatic hydroxyl groups excluding tert-OH is 1. The van der Waals surface area contributed by atoms with Crippen LogP contribution >= 0.6 is 0 Å². The molecule has 2 rings (SSSR count). The van der Waals surface area contributed by atoms with Crippen molar-refractivity contribution in [2.45, 2.75) is 72.6 Å². The fourth-order valence-corrected chi connectivity index (χ4v) is 5.44. The van der Waals surface area contributed by atoms with Crippen LogP contribution < -0.4 is 0 Å². The monoisotopic (exact) mass is 290 g/mol. The molecule has 0 unspecified atom stereocenters. The molecule has 2 fully saturated rings. The van der Waals surface area contributed by atoms with Crippen LogP contribution in [0.15, 0.2) is 23.8 Å². The third-order valence-corrected chi connectivity index (χ3v) is 6.59. The van der Waals surface area contributed by atoms with Crippen molar-refractivity contribution in [3.63, 3.8) is 0 Å². The molecule has 0 aromatic rings. The molecule has 1 heteroatoms. The van der Waals surface area contributed by atoms with Gasteiger partial charge < -0.3 is 5.11 Å². The minimum absolute atomic E-state index is 0.171. The third-order valence-electron chi connectivity index (χ3n) is 6.59. The highest BCUT2D eigenvalue weighted by Crippen LogP contribution is 2.61. The molecule has 0 spiro atoms. The minimum atomic E-state index is 0.171. The van der Waals surface area contributed by atoms with E-state index in [0.717, 1.165) is 12.3 Å². The first-order chi connectivity index (χ1) is 9.81. The van der Waals surface area contributed by atoms with Gasteiger partial charge in [-0.25, -0.2) is 0 Å². The van der Waals surface area contributed by atoms with E-state index < -0.39 is 0 Å². The second kappa shape index (κ2) is 6.28. The summed E-state index contributed by atoms with van der Waals surface area (Å²) in [6.45, 7) is 14.3. The van der Waals surface area contributed by atoms with Gasteiger partial charge in [-0.1, -0.05) is 51.0 Å². The normalized spacial score (nSPS) is 36.4. The molecule has 0 bridgehead atoms. The predicted molar refractivity (Wildman–Crippen MR) is 91.2 cm³/mol. The smallest absolute Gasteiger partial charge is 0.0614 e. The summed E-state index contributed by atoms with van der Waals surface area (Å²) in [5.74, 6) is 1.51. The summed E-state index contributed by atoms with van der Waals surface area (Å²) in [6, 6.07) is 0. The van der Waals surface area contributed by atoms with Crippen LogP contribution in [0.3, 0.4) is 0 Å². The van der Waals surface area contributed by atoms with Crippen LogP contribution in [0.5, 0.6) is 0 Å². The van der Waals surface area contributed by atoms with Crippen molar-refractivity contribution in [1.82, 2.24) is 0 Å². The summed E-state index contributed by atoms with van der Waals surface area (Å²) in [7, 11) is 0. The van der Waals surface area contributed by atoms with Crippen molar-refractivity contribution >= 4 is 0 Å². The molecule has 2 aliphatic rings. The van der Waals surface area contributed by atoms with Gasteiger partial charge in [0, 0.05) is 0 Å². The van der Waals surface area contributed by atoms with Crippen molar-refractivity contribution in [2.75, 3.05) is 6.61 Å². The lowest BCUT2D eigenvalue weighted by Gasteiger charge is -2.58. The zero-order valence-electron chi connectivity index (χ0n) is 14.5. The Labute approximate surface area is 131 Å². The predicted octanol–water partition coefficient (Wildman–Crippen LogP) is 5.50. The van der Waals surface area contributed by atoms with Crippen molar-refractivity contribution in [3.05, 3.63) is 23.8 Å². The Morgan fingerprint density at radius 3 is 2.71 bits per heavy atom. The Morgan fingerprint density at radius 1 is 1.33 bits per heavy atom. The first kappa shape index (κ1) is 16.8. The maximum atomic E-state index is 9.04. The average molecular weight is 290 g/mol. The molecule has 0 aromatic heterocycles. The minimum Gasteiger partial charge on any atom is -0.392 e. The quantitative estimate of drug-likeness (QED) is 0.677. The topological polar surface area (TPSA) is 20.2 Å². The average Bonchev–Trinajstić information content (AvgIpc) is 2.37. The number of hydrogen-bond donors (Lipinski definition) is 1. The van der Waals surface area contributed by atoms with Crippen LogP contribution in [0.4, 0.5) is 0 Å². The van der Waals surface area contributed by atoms with E-state index in [2.05, 4.69) is 34.3 Å². The zero-order valence-corrected chi connectivity index (χ0v) is 14.5. The zero-order chi connectivity index (χ0) is 15.7. The summed E-state index contributed by atoms with van der Waals surface area (Å²) in [4.78, 5) is 0. The number of fused-ring (bicyclic) bond motifs is 1. The van der Waals surface area contributed by atoms with E-state index in [0.29, 0.717) is 16.7 Å². The van der Waals surface area contributed by atoms with Gasteiger partial charge in [0.1, 0.15) is 0 Å². The summed E-state index contributed by atoms with van der Waals surface area (Å²) in [5.41, 5.74) is 3.74. The van der Waals surface area contributed by atoms with E-state index in [1.54, 1.807) is 0 Å². The van der Waals surface area contributed by atoms with Crippen LogP contribution in [0.1, 0.15) is 72.6 Å². The maximum Gasteiger partial charge on any atom is 0.0614 e. The van der Waals surface area contributed by atoms with Gasteiger partial charge in [0.15, 0.2) is 0 Å². The molecular weight excluding hydrogens is 256 g/mol.